The fourth-order valence-electron chi connectivity index (χ4n) is 1.03. The van der Waals surface area contributed by atoms with E-state index in [-0.39, 0.29) is 15.8 Å². The van der Waals surface area contributed by atoms with Gasteiger partial charge < -0.3 is 5.32 Å². The molecule has 0 aromatic rings. The Bertz CT molecular complexity index is 208. The summed E-state index contributed by atoms with van der Waals surface area (Å²) in [6, 6.07) is 0. The van der Waals surface area contributed by atoms with E-state index in [1.165, 1.54) is 0 Å². The quantitative estimate of drug-likeness (QED) is 0.438. The van der Waals surface area contributed by atoms with Crippen LogP contribution in [-0.2, 0) is 0 Å². The zero-order chi connectivity index (χ0) is 11.6. The maximum absolute atomic E-state index is 4.30. The minimum absolute atomic E-state index is 0.0616. The number of hydrogen-bond acceptors (Lipinski definition) is 1. The average Bonchev–Trinajstić information content (AvgIpc) is 1.95. The summed E-state index contributed by atoms with van der Waals surface area (Å²) in [4.78, 5) is 4.56. The molecule has 0 aliphatic rings. The van der Waals surface area contributed by atoms with Gasteiger partial charge in [0.1, 0.15) is 5.84 Å². The van der Waals surface area contributed by atoms with Gasteiger partial charge in [0.25, 0.3) is 0 Å². The smallest absolute Gasteiger partial charge is 0.111 e. The van der Waals surface area contributed by atoms with E-state index in [0.717, 1.165) is 5.84 Å². The van der Waals surface area contributed by atoms with Crippen LogP contribution < -0.4 is 5.32 Å². The second-order valence-corrected chi connectivity index (χ2v) is 6.63. The molecule has 0 aromatic carbocycles. The highest BCUT2D eigenvalue weighted by Gasteiger charge is 2.28. The predicted molar refractivity (Wildman–Crippen MR) is 68.4 cm³/mol. The van der Waals surface area contributed by atoms with E-state index in [1.807, 2.05) is 7.05 Å². The normalized spacial score (nSPS) is 16.7. The van der Waals surface area contributed by atoms with E-state index in [1.54, 1.807) is 0 Å². The molecule has 0 saturated carbocycles. The largest absolute Gasteiger partial charge is 0.368 e. The fourth-order valence-corrected chi connectivity index (χ4v) is 1.35. The van der Waals surface area contributed by atoms with Crippen molar-refractivity contribution in [3.63, 3.8) is 0 Å². The summed E-state index contributed by atoms with van der Waals surface area (Å²) in [6.45, 7) is 13.0. The Labute approximate surface area is 96.7 Å². The van der Waals surface area contributed by atoms with Gasteiger partial charge in [-0.3, -0.25) is 4.99 Å². The fraction of sp³-hybridized carbons (Fsp3) is 0.909. The van der Waals surface area contributed by atoms with E-state index < -0.39 is 0 Å². The molecule has 0 rings (SSSR count). The molecule has 0 amide bonds. The molecule has 0 bridgehead atoms. The van der Waals surface area contributed by atoms with E-state index in [2.05, 4.69) is 67.8 Å². The molecule has 0 aliphatic carbocycles. The highest BCUT2D eigenvalue weighted by atomic mass is 79.9. The highest BCUT2D eigenvalue weighted by Crippen LogP contribution is 2.27. The van der Waals surface area contributed by atoms with Crippen LogP contribution in [-0.4, -0.2) is 23.2 Å². The number of alkyl halides is 1. The van der Waals surface area contributed by atoms with Crippen molar-refractivity contribution < 1.29 is 0 Å². The molecule has 0 aliphatic heterocycles. The van der Waals surface area contributed by atoms with Gasteiger partial charge >= 0.3 is 0 Å². The van der Waals surface area contributed by atoms with Gasteiger partial charge in [-0.2, -0.15) is 0 Å². The molecule has 0 aromatic heterocycles. The maximum atomic E-state index is 4.30. The lowest BCUT2D eigenvalue weighted by Crippen LogP contribution is -2.47. The van der Waals surface area contributed by atoms with Crippen molar-refractivity contribution in [3.8, 4) is 0 Å². The van der Waals surface area contributed by atoms with Crippen LogP contribution in [0.25, 0.3) is 0 Å². The van der Waals surface area contributed by atoms with Crippen LogP contribution in [0.2, 0.25) is 0 Å². The summed E-state index contributed by atoms with van der Waals surface area (Å²) >= 11 is 3.68. The molecule has 14 heavy (non-hydrogen) atoms. The van der Waals surface area contributed by atoms with Crippen LogP contribution in [0.3, 0.4) is 0 Å². The van der Waals surface area contributed by atoms with E-state index in [0.29, 0.717) is 0 Å². The van der Waals surface area contributed by atoms with Gasteiger partial charge in [-0.15, -0.1) is 0 Å². The summed E-state index contributed by atoms with van der Waals surface area (Å²) in [6.07, 6.45) is 0. The van der Waals surface area contributed by atoms with Crippen molar-refractivity contribution in [2.45, 2.75) is 51.9 Å². The summed E-state index contributed by atoms with van der Waals surface area (Å²) in [5, 5.41) is 3.42. The highest BCUT2D eigenvalue weighted by molar-refractivity contribution is 9.10. The molecule has 1 N–H and O–H groups in total. The van der Waals surface area contributed by atoms with E-state index >= 15 is 0 Å². The summed E-state index contributed by atoms with van der Waals surface area (Å²) in [5.41, 5.74) is 0.235. The van der Waals surface area contributed by atoms with Crippen molar-refractivity contribution in [2.24, 2.45) is 10.4 Å². The molecule has 0 heterocycles. The SMILES string of the molecule is CN=C(NC(C)(C)C)[C@H](Br)C(C)(C)C. The molecule has 2 nitrogen and oxygen atoms in total. The Morgan fingerprint density at radius 2 is 1.57 bits per heavy atom. The zero-order valence-electron chi connectivity index (χ0n) is 10.4. The molecular formula is C11H23BrN2. The molecule has 84 valence electrons. The second kappa shape index (κ2) is 4.65. The van der Waals surface area contributed by atoms with Crippen LogP contribution in [0.1, 0.15) is 41.5 Å². The third kappa shape index (κ3) is 4.99. The molecule has 0 unspecified atom stereocenters. The average molecular weight is 263 g/mol. The number of nitrogens with zero attached hydrogens (tertiary/aromatic N) is 1. The van der Waals surface area contributed by atoms with Crippen LogP contribution in [0.15, 0.2) is 4.99 Å². The number of rotatable bonds is 1. The third-order valence-electron chi connectivity index (χ3n) is 1.74. The lowest BCUT2D eigenvalue weighted by Gasteiger charge is -2.32. The maximum Gasteiger partial charge on any atom is 0.111 e. The van der Waals surface area contributed by atoms with Gasteiger partial charge in [-0.05, 0) is 26.2 Å². The van der Waals surface area contributed by atoms with E-state index in [4.69, 9.17) is 0 Å². The predicted octanol–water partition coefficient (Wildman–Crippen LogP) is 3.21. The van der Waals surface area contributed by atoms with Gasteiger partial charge in [0, 0.05) is 12.6 Å². The Hall–Kier alpha value is -0.0500. The Balaban J connectivity index is 4.62. The Morgan fingerprint density at radius 1 is 1.14 bits per heavy atom. The minimum atomic E-state index is 0.0616. The number of halogens is 1. The first-order valence-corrected chi connectivity index (χ1v) is 5.88. The summed E-state index contributed by atoms with van der Waals surface area (Å²) < 4.78 is 0. The molecule has 0 fully saturated rings. The topological polar surface area (TPSA) is 24.4 Å². The monoisotopic (exact) mass is 262 g/mol. The molecule has 3 heteroatoms. The first kappa shape index (κ1) is 13.9. The van der Waals surface area contributed by atoms with Crippen molar-refractivity contribution in [1.29, 1.82) is 0 Å². The molecule has 0 saturated heterocycles. The standard InChI is InChI=1S/C11H23BrN2/c1-10(2,3)8(12)9(13-7)14-11(4,5)6/h8H,1-7H3,(H,13,14)/t8-/m0/s1. The third-order valence-corrected chi connectivity index (χ3v) is 3.55. The van der Waals surface area contributed by atoms with E-state index in [9.17, 15) is 0 Å². The van der Waals surface area contributed by atoms with Gasteiger partial charge in [0.2, 0.25) is 0 Å². The molecular weight excluding hydrogens is 240 g/mol. The van der Waals surface area contributed by atoms with Gasteiger partial charge in [-0.1, -0.05) is 36.7 Å². The lowest BCUT2D eigenvalue weighted by molar-refractivity contribution is 0.430. The number of aliphatic imine (C=N–C) groups is 1. The number of amidine groups is 1. The number of nitrogens with one attached hydrogen (secondary N) is 1. The van der Waals surface area contributed by atoms with Crippen molar-refractivity contribution >= 4 is 21.8 Å². The molecule has 0 spiro atoms. The first-order valence-electron chi connectivity index (χ1n) is 4.97. The van der Waals surface area contributed by atoms with Crippen LogP contribution in [0, 0.1) is 5.41 Å². The first-order chi connectivity index (χ1) is 6.08. The van der Waals surface area contributed by atoms with Gasteiger partial charge in [0.05, 0.1) is 4.83 Å². The van der Waals surface area contributed by atoms with Crippen molar-refractivity contribution in [1.82, 2.24) is 5.32 Å². The Morgan fingerprint density at radius 3 is 1.79 bits per heavy atom. The van der Waals surface area contributed by atoms with Gasteiger partial charge in [-0.25, -0.2) is 0 Å². The lowest BCUT2D eigenvalue weighted by atomic mass is 9.91. The zero-order valence-corrected chi connectivity index (χ0v) is 12.0. The minimum Gasteiger partial charge on any atom is -0.368 e. The van der Waals surface area contributed by atoms with Crippen LogP contribution >= 0.6 is 15.9 Å². The summed E-state index contributed by atoms with van der Waals surface area (Å²) in [5.74, 6) is 1.02. The molecule has 0 radical (unpaired) electrons. The summed E-state index contributed by atoms with van der Waals surface area (Å²) in [7, 11) is 1.83. The second-order valence-electron chi connectivity index (χ2n) is 5.71. The van der Waals surface area contributed by atoms with Crippen molar-refractivity contribution in [3.05, 3.63) is 0 Å². The van der Waals surface area contributed by atoms with Crippen molar-refractivity contribution in [2.75, 3.05) is 7.05 Å². The molecule has 1 atom stereocenters. The van der Waals surface area contributed by atoms with Gasteiger partial charge in [0.15, 0.2) is 0 Å². The van der Waals surface area contributed by atoms with Crippen LogP contribution in [0.4, 0.5) is 0 Å². The van der Waals surface area contributed by atoms with Crippen LogP contribution in [0.5, 0.6) is 0 Å². The Kier molecular flexibility index (Phi) is 4.63. The number of hydrogen-bond donors (Lipinski definition) is 1.